The van der Waals surface area contributed by atoms with E-state index in [1.165, 1.54) is 5.56 Å². The normalized spacial score (nSPS) is 12.3. The van der Waals surface area contributed by atoms with Crippen LogP contribution in [0.2, 0.25) is 0 Å². The van der Waals surface area contributed by atoms with Crippen LogP contribution in [0.4, 0.5) is 0 Å². The van der Waals surface area contributed by atoms with Gasteiger partial charge >= 0.3 is 5.97 Å². The van der Waals surface area contributed by atoms with Crippen molar-refractivity contribution in [3.63, 3.8) is 0 Å². The summed E-state index contributed by atoms with van der Waals surface area (Å²) in [4.78, 5) is 11.0. The third kappa shape index (κ3) is 5.82. The van der Waals surface area contributed by atoms with E-state index in [2.05, 4.69) is 24.4 Å². The second-order valence-corrected chi connectivity index (χ2v) is 4.58. The Bertz CT molecular complexity index is 338. The summed E-state index contributed by atoms with van der Waals surface area (Å²) in [5.74, 6) is -0.733. The Morgan fingerprint density at radius 3 is 2.61 bits per heavy atom. The summed E-state index contributed by atoms with van der Waals surface area (Å²) in [6.45, 7) is 2.84. The van der Waals surface area contributed by atoms with Crippen molar-refractivity contribution in [3.8, 4) is 0 Å². The summed E-state index contributed by atoms with van der Waals surface area (Å²) in [5, 5.41) is 12.2. The molecule has 0 aliphatic carbocycles. The van der Waals surface area contributed by atoms with Gasteiger partial charge in [-0.2, -0.15) is 0 Å². The van der Waals surface area contributed by atoms with Crippen molar-refractivity contribution >= 4 is 5.97 Å². The highest BCUT2D eigenvalue weighted by Crippen LogP contribution is 2.03. The average Bonchev–Trinajstić information content (AvgIpc) is 2.38. The largest absolute Gasteiger partial charge is 0.480 e. The van der Waals surface area contributed by atoms with Crippen LogP contribution in [0, 0.1) is 0 Å². The van der Waals surface area contributed by atoms with Crippen LogP contribution in [-0.4, -0.2) is 23.7 Å². The highest BCUT2D eigenvalue weighted by Gasteiger charge is 2.14. The molecule has 0 saturated carbocycles. The molecule has 100 valence electrons. The Hall–Kier alpha value is -1.35. The molecule has 0 bridgehead atoms. The first kappa shape index (κ1) is 14.7. The molecule has 3 nitrogen and oxygen atoms in total. The maximum atomic E-state index is 11.0. The Labute approximate surface area is 109 Å². The van der Waals surface area contributed by atoms with E-state index >= 15 is 0 Å². The summed E-state index contributed by atoms with van der Waals surface area (Å²) in [7, 11) is 0. The average molecular weight is 249 g/mol. The molecule has 0 saturated heterocycles. The minimum Gasteiger partial charge on any atom is -0.480 e. The van der Waals surface area contributed by atoms with E-state index in [1.807, 2.05) is 18.2 Å². The molecule has 18 heavy (non-hydrogen) atoms. The molecule has 1 rings (SSSR count). The van der Waals surface area contributed by atoms with Crippen LogP contribution in [0.1, 0.15) is 38.2 Å². The second-order valence-electron chi connectivity index (χ2n) is 4.58. The molecule has 0 aliphatic rings. The Morgan fingerprint density at radius 1 is 1.28 bits per heavy atom. The van der Waals surface area contributed by atoms with Gasteiger partial charge in [0.2, 0.25) is 0 Å². The van der Waals surface area contributed by atoms with Crippen LogP contribution >= 0.6 is 0 Å². The van der Waals surface area contributed by atoms with Crippen molar-refractivity contribution in [1.29, 1.82) is 0 Å². The predicted molar refractivity (Wildman–Crippen MR) is 73.7 cm³/mol. The molecular weight excluding hydrogens is 226 g/mol. The Balaban J connectivity index is 2.20. The van der Waals surface area contributed by atoms with E-state index in [1.54, 1.807) is 0 Å². The summed E-state index contributed by atoms with van der Waals surface area (Å²) in [6, 6.07) is 9.89. The summed E-state index contributed by atoms with van der Waals surface area (Å²) in [6.07, 6.45) is 4.68. The van der Waals surface area contributed by atoms with E-state index in [4.69, 9.17) is 5.11 Å². The first-order valence-corrected chi connectivity index (χ1v) is 6.74. The van der Waals surface area contributed by atoms with Gasteiger partial charge in [0.25, 0.3) is 0 Å². The fourth-order valence-corrected chi connectivity index (χ4v) is 1.93. The summed E-state index contributed by atoms with van der Waals surface area (Å²) < 4.78 is 0. The molecule has 3 heteroatoms. The second kappa shape index (κ2) is 8.70. The minimum atomic E-state index is -0.733. The highest BCUT2D eigenvalue weighted by molar-refractivity contribution is 5.73. The summed E-state index contributed by atoms with van der Waals surface area (Å²) in [5.41, 5.74) is 1.31. The number of aliphatic carboxylic acids is 1. The van der Waals surface area contributed by atoms with Crippen molar-refractivity contribution in [2.45, 2.75) is 45.1 Å². The zero-order valence-corrected chi connectivity index (χ0v) is 11.1. The van der Waals surface area contributed by atoms with Gasteiger partial charge in [0, 0.05) is 0 Å². The van der Waals surface area contributed by atoms with Crippen LogP contribution in [0.15, 0.2) is 30.3 Å². The lowest BCUT2D eigenvalue weighted by atomic mass is 10.1. The molecule has 0 aliphatic heterocycles. The van der Waals surface area contributed by atoms with E-state index < -0.39 is 5.97 Å². The fourth-order valence-electron chi connectivity index (χ4n) is 1.93. The molecule has 1 unspecified atom stereocenters. The number of nitrogens with one attached hydrogen (secondary N) is 1. The van der Waals surface area contributed by atoms with Crippen LogP contribution in [0.5, 0.6) is 0 Å². The van der Waals surface area contributed by atoms with Gasteiger partial charge in [-0.05, 0) is 31.4 Å². The van der Waals surface area contributed by atoms with Gasteiger partial charge in [-0.15, -0.1) is 0 Å². The molecular formula is C15H23NO2. The summed E-state index contributed by atoms with van der Waals surface area (Å²) >= 11 is 0. The van der Waals surface area contributed by atoms with Crippen molar-refractivity contribution in [2.24, 2.45) is 0 Å². The van der Waals surface area contributed by atoms with Crippen LogP contribution in [0.3, 0.4) is 0 Å². The van der Waals surface area contributed by atoms with Crippen molar-refractivity contribution in [3.05, 3.63) is 35.9 Å². The Kier molecular flexibility index (Phi) is 7.11. The maximum Gasteiger partial charge on any atom is 0.320 e. The van der Waals surface area contributed by atoms with E-state index in [9.17, 15) is 4.79 Å². The molecule has 0 fully saturated rings. The van der Waals surface area contributed by atoms with Crippen molar-refractivity contribution in [1.82, 2.24) is 5.32 Å². The van der Waals surface area contributed by atoms with Crippen LogP contribution < -0.4 is 5.32 Å². The first-order valence-electron chi connectivity index (χ1n) is 6.74. The van der Waals surface area contributed by atoms with E-state index in [-0.39, 0.29) is 6.04 Å². The van der Waals surface area contributed by atoms with Crippen molar-refractivity contribution in [2.75, 3.05) is 6.54 Å². The lowest BCUT2D eigenvalue weighted by Crippen LogP contribution is -2.37. The smallest absolute Gasteiger partial charge is 0.320 e. The monoisotopic (exact) mass is 249 g/mol. The third-order valence-electron chi connectivity index (χ3n) is 3.02. The molecule has 0 aromatic heterocycles. The van der Waals surface area contributed by atoms with Crippen molar-refractivity contribution < 1.29 is 9.90 Å². The van der Waals surface area contributed by atoms with Gasteiger partial charge in [0.05, 0.1) is 0 Å². The third-order valence-corrected chi connectivity index (χ3v) is 3.02. The SMILES string of the molecule is CCCCC(NCCCc1ccccc1)C(=O)O. The van der Waals surface area contributed by atoms with Gasteiger partial charge in [0.1, 0.15) is 6.04 Å². The fraction of sp³-hybridized carbons (Fsp3) is 0.533. The number of benzene rings is 1. The molecule has 2 N–H and O–H groups in total. The van der Waals surface area contributed by atoms with Gasteiger partial charge in [-0.3, -0.25) is 4.79 Å². The molecule has 1 aromatic rings. The topological polar surface area (TPSA) is 49.3 Å². The lowest BCUT2D eigenvalue weighted by molar-refractivity contribution is -0.139. The first-order chi connectivity index (χ1) is 8.74. The molecule has 1 atom stereocenters. The number of hydrogen-bond acceptors (Lipinski definition) is 2. The number of rotatable bonds is 9. The maximum absolute atomic E-state index is 11.0. The number of hydrogen-bond donors (Lipinski definition) is 2. The van der Waals surface area contributed by atoms with Gasteiger partial charge in [-0.25, -0.2) is 0 Å². The number of unbranched alkanes of at least 4 members (excludes halogenated alkanes) is 1. The highest BCUT2D eigenvalue weighted by atomic mass is 16.4. The number of aryl methyl sites for hydroxylation is 1. The number of carbonyl (C=O) groups is 1. The number of carboxylic acid groups (broad SMARTS) is 1. The van der Waals surface area contributed by atoms with Gasteiger partial charge in [0.15, 0.2) is 0 Å². The number of carboxylic acids is 1. The van der Waals surface area contributed by atoms with Gasteiger partial charge < -0.3 is 10.4 Å². The quantitative estimate of drug-likeness (QED) is 0.662. The van der Waals surface area contributed by atoms with E-state index in [0.29, 0.717) is 0 Å². The molecule has 1 aromatic carbocycles. The molecule has 0 spiro atoms. The van der Waals surface area contributed by atoms with Crippen LogP contribution in [-0.2, 0) is 11.2 Å². The standard InChI is InChI=1S/C15H23NO2/c1-2-3-11-14(15(17)18)16-12-7-10-13-8-5-4-6-9-13/h4-6,8-9,14,16H,2-3,7,10-12H2,1H3,(H,17,18). The van der Waals surface area contributed by atoms with E-state index in [0.717, 1.165) is 38.6 Å². The minimum absolute atomic E-state index is 0.388. The zero-order chi connectivity index (χ0) is 13.2. The Morgan fingerprint density at radius 2 is 2.00 bits per heavy atom. The zero-order valence-electron chi connectivity index (χ0n) is 11.1. The lowest BCUT2D eigenvalue weighted by Gasteiger charge is -2.13. The molecule has 0 radical (unpaired) electrons. The van der Waals surface area contributed by atoms with Crippen LogP contribution in [0.25, 0.3) is 0 Å². The molecule has 0 heterocycles. The van der Waals surface area contributed by atoms with Gasteiger partial charge in [-0.1, -0.05) is 50.1 Å². The predicted octanol–water partition coefficient (Wildman–Crippen LogP) is 2.85. The molecule has 0 amide bonds.